The summed E-state index contributed by atoms with van der Waals surface area (Å²) in [5.74, 6) is 0.635. The number of hydrogen-bond donors (Lipinski definition) is 1. The van der Waals surface area contributed by atoms with Gasteiger partial charge in [0.1, 0.15) is 0 Å². The lowest BCUT2D eigenvalue weighted by atomic mass is 10.0. The summed E-state index contributed by atoms with van der Waals surface area (Å²) < 4.78 is 0. The van der Waals surface area contributed by atoms with Crippen molar-refractivity contribution in [3.63, 3.8) is 0 Å². The number of carbonyl (C=O) groups is 1. The Morgan fingerprint density at radius 3 is 2.69 bits per heavy atom. The van der Waals surface area contributed by atoms with Gasteiger partial charge in [0, 0.05) is 31.1 Å². The Balaban J connectivity index is 1.63. The number of allylic oxidation sites excluding steroid dienone is 2. The van der Waals surface area contributed by atoms with Crippen molar-refractivity contribution in [1.82, 2.24) is 10.2 Å². The molecule has 2 heterocycles. The fourth-order valence-electron chi connectivity index (χ4n) is 3.22. The first-order valence-electron chi connectivity index (χ1n) is 6.53. The van der Waals surface area contributed by atoms with Crippen LogP contribution in [-0.4, -0.2) is 36.0 Å². The molecule has 1 N–H and O–H groups in total. The van der Waals surface area contributed by atoms with E-state index in [9.17, 15) is 4.79 Å². The van der Waals surface area contributed by atoms with Crippen LogP contribution in [-0.2, 0) is 4.79 Å². The smallest absolute Gasteiger partial charge is 0.226 e. The number of likely N-dealkylation sites (tertiary alicyclic amines) is 1. The van der Waals surface area contributed by atoms with Crippen LogP contribution in [0.2, 0.25) is 0 Å². The molecule has 2 aliphatic heterocycles. The minimum Gasteiger partial charge on any atom is -0.341 e. The lowest BCUT2D eigenvalue weighted by molar-refractivity contribution is -0.135. The second-order valence-corrected chi connectivity index (χ2v) is 5.35. The highest BCUT2D eigenvalue weighted by Crippen LogP contribution is 2.25. The molecule has 2 saturated heterocycles. The van der Waals surface area contributed by atoms with Crippen LogP contribution in [0.3, 0.4) is 0 Å². The lowest BCUT2D eigenvalue weighted by Gasteiger charge is -2.27. The highest BCUT2D eigenvalue weighted by atomic mass is 16.2. The van der Waals surface area contributed by atoms with Crippen molar-refractivity contribution in [1.29, 1.82) is 0 Å². The number of nitrogens with zero attached hydrogens (tertiary/aromatic N) is 1. The van der Waals surface area contributed by atoms with E-state index in [0.717, 1.165) is 32.4 Å². The van der Waals surface area contributed by atoms with Crippen molar-refractivity contribution < 1.29 is 4.79 Å². The monoisotopic (exact) mass is 220 g/mol. The second-order valence-electron chi connectivity index (χ2n) is 5.35. The molecule has 3 rings (SSSR count). The summed E-state index contributed by atoms with van der Waals surface area (Å²) in [6, 6.07) is 1.23. The van der Waals surface area contributed by atoms with Gasteiger partial charge < -0.3 is 10.2 Å². The quantitative estimate of drug-likeness (QED) is 0.676. The third-order valence-electron chi connectivity index (χ3n) is 4.19. The highest BCUT2D eigenvalue weighted by Gasteiger charge is 2.33. The van der Waals surface area contributed by atoms with Gasteiger partial charge in [-0.05, 0) is 32.1 Å². The second kappa shape index (κ2) is 4.21. The van der Waals surface area contributed by atoms with Gasteiger partial charge in [-0.15, -0.1) is 0 Å². The maximum atomic E-state index is 12.3. The van der Waals surface area contributed by atoms with Gasteiger partial charge in [0.2, 0.25) is 5.91 Å². The number of rotatable bonds is 1. The number of carbonyl (C=O) groups excluding carboxylic acids is 1. The fourth-order valence-corrected chi connectivity index (χ4v) is 3.22. The molecule has 1 aliphatic carbocycles. The normalized spacial score (nSPS) is 34.4. The SMILES string of the molecule is O=C(C1CC=CC1)N1CCC2CCC(C1)N2. The molecule has 1 amide bonds. The van der Waals surface area contributed by atoms with E-state index in [1.165, 1.54) is 12.8 Å². The highest BCUT2D eigenvalue weighted by molar-refractivity contribution is 5.79. The van der Waals surface area contributed by atoms with Crippen LogP contribution in [0, 0.1) is 5.92 Å². The molecular weight excluding hydrogens is 200 g/mol. The first-order chi connectivity index (χ1) is 7.83. The Morgan fingerprint density at radius 2 is 1.88 bits per heavy atom. The summed E-state index contributed by atoms with van der Waals surface area (Å²) in [6.07, 6.45) is 9.89. The average molecular weight is 220 g/mol. The number of hydrogen-bond acceptors (Lipinski definition) is 2. The average Bonchev–Trinajstić information content (AvgIpc) is 2.87. The molecule has 3 heteroatoms. The van der Waals surface area contributed by atoms with Crippen LogP contribution < -0.4 is 5.32 Å². The zero-order valence-corrected chi connectivity index (χ0v) is 9.69. The Hall–Kier alpha value is -0.830. The fraction of sp³-hybridized carbons (Fsp3) is 0.769. The molecule has 2 fully saturated rings. The topological polar surface area (TPSA) is 32.3 Å². The van der Waals surface area contributed by atoms with Gasteiger partial charge in [0.25, 0.3) is 0 Å². The van der Waals surface area contributed by atoms with Gasteiger partial charge >= 0.3 is 0 Å². The third-order valence-corrected chi connectivity index (χ3v) is 4.19. The van der Waals surface area contributed by atoms with E-state index < -0.39 is 0 Å². The molecule has 0 aromatic heterocycles. The van der Waals surface area contributed by atoms with E-state index in [-0.39, 0.29) is 5.92 Å². The number of fused-ring (bicyclic) bond motifs is 2. The van der Waals surface area contributed by atoms with E-state index in [0.29, 0.717) is 18.0 Å². The molecule has 0 radical (unpaired) electrons. The van der Waals surface area contributed by atoms with Crippen LogP contribution in [0.4, 0.5) is 0 Å². The molecule has 2 bridgehead atoms. The summed E-state index contributed by atoms with van der Waals surface area (Å²) in [5.41, 5.74) is 0. The molecule has 88 valence electrons. The maximum absolute atomic E-state index is 12.3. The van der Waals surface area contributed by atoms with Crippen LogP contribution in [0.1, 0.15) is 32.1 Å². The Morgan fingerprint density at radius 1 is 1.12 bits per heavy atom. The molecular formula is C13H20N2O. The number of amides is 1. The Kier molecular flexibility index (Phi) is 2.72. The molecule has 16 heavy (non-hydrogen) atoms. The first kappa shape index (κ1) is 10.3. The van der Waals surface area contributed by atoms with Gasteiger partial charge in [0.05, 0.1) is 0 Å². The largest absolute Gasteiger partial charge is 0.341 e. The zero-order chi connectivity index (χ0) is 11.0. The summed E-state index contributed by atoms with van der Waals surface area (Å²) in [4.78, 5) is 14.4. The number of nitrogens with one attached hydrogen (secondary N) is 1. The van der Waals surface area contributed by atoms with Crippen molar-refractivity contribution in [2.75, 3.05) is 13.1 Å². The summed E-state index contributed by atoms with van der Waals surface area (Å²) >= 11 is 0. The summed E-state index contributed by atoms with van der Waals surface area (Å²) in [7, 11) is 0. The molecule has 3 nitrogen and oxygen atoms in total. The van der Waals surface area contributed by atoms with Crippen LogP contribution in [0.5, 0.6) is 0 Å². The van der Waals surface area contributed by atoms with E-state index in [4.69, 9.17) is 0 Å². The van der Waals surface area contributed by atoms with Gasteiger partial charge in [-0.1, -0.05) is 12.2 Å². The Bertz CT molecular complexity index is 305. The molecule has 0 spiro atoms. The standard InChI is InChI=1S/C13H20N2O/c16-13(10-3-1-2-4-10)15-8-7-11-5-6-12(9-15)14-11/h1-2,10-12,14H,3-9H2. The molecule has 0 saturated carbocycles. The van der Waals surface area contributed by atoms with Gasteiger partial charge in [-0.3, -0.25) is 4.79 Å². The van der Waals surface area contributed by atoms with Crippen molar-refractivity contribution in [3.8, 4) is 0 Å². The lowest BCUT2D eigenvalue weighted by Crippen LogP contribution is -2.41. The van der Waals surface area contributed by atoms with Crippen LogP contribution in [0.15, 0.2) is 12.2 Å². The van der Waals surface area contributed by atoms with Crippen molar-refractivity contribution in [2.45, 2.75) is 44.2 Å². The van der Waals surface area contributed by atoms with E-state index in [1.54, 1.807) is 0 Å². The third kappa shape index (κ3) is 1.88. The van der Waals surface area contributed by atoms with E-state index in [1.807, 2.05) is 0 Å². The van der Waals surface area contributed by atoms with Crippen LogP contribution >= 0.6 is 0 Å². The van der Waals surface area contributed by atoms with Crippen molar-refractivity contribution in [3.05, 3.63) is 12.2 Å². The molecule has 2 unspecified atom stereocenters. The molecule has 0 aromatic carbocycles. The minimum absolute atomic E-state index is 0.247. The van der Waals surface area contributed by atoms with Gasteiger partial charge in [-0.25, -0.2) is 0 Å². The first-order valence-corrected chi connectivity index (χ1v) is 6.53. The predicted octanol–water partition coefficient (Wildman–Crippen LogP) is 1.31. The summed E-state index contributed by atoms with van der Waals surface area (Å²) in [5, 5.41) is 3.62. The maximum Gasteiger partial charge on any atom is 0.226 e. The Labute approximate surface area is 96.9 Å². The summed E-state index contributed by atoms with van der Waals surface area (Å²) in [6.45, 7) is 1.90. The van der Waals surface area contributed by atoms with Crippen molar-refractivity contribution in [2.24, 2.45) is 5.92 Å². The molecule has 3 aliphatic rings. The van der Waals surface area contributed by atoms with Gasteiger partial charge in [-0.2, -0.15) is 0 Å². The van der Waals surface area contributed by atoms with E-state index in [2.05, 4.69) is 22.4 Å². The predicted molar refractivity (Wildman–Crippen MR) is 63.0 cm³/mol. The zero-order valence-electron chi connectivity index (χ0n) is 9.69. The van der Waals surface area contributed by atoms with Crippen LogP contribution in [0.25, 0.3) is 0 Å². The van der Waals surface area contributed by atoms with E-state index >= 15 is 0 Å². The molecule has 2 atom stereocenters. The molecule has 0 aromatic rings. The minimum atomic E-state index is 0.247. The van der Waals surface area contributed by atoms with Crippen molar-refractivity contribution >= 4 is 5.91 Å². The van der Waals surface area contributed by atoms with Gasteiger partial charge in [0.15, 0.2) is 0 Å².